The zero-order chi connectivity index (χ0) is 19.1. The largest absolute Gasteiger partial charge is 0.490 e. The molecule has 4 nitrogen and oxygen atoms in total. The molecule has 0 unspecified atom stereocenters. The second-order valence-electron chi connectivity index (χ2n) is 5.62. The molecular formula is C21H17Cl2NO3. The van der Waals surface area contributed by atoms with Gasteiger partial charge in [0.2, 0.25) is 0 Å². The van der Waals surface area contributed by atoms with Crippen molar-refractivity contribution in [3.8, 4) is 11.5 Å². The molecule has 0 atom stereocenters. The number of nitrogens with one attached hydrogen (secondary N) is 1. The Bertz CT molecular complexity index is 916. The van der Waals surface area contributed by atoms with Gasteiger partial charge < -0.3 is 14.8 Å². The Balaban J connectivity index is 1.56. The van der Waals surface area contributed by atoms with Crippen molar-refractivity contribution in [3.05, 3.63) is 88.4 Å². The summed E-state index contributed by atoms with van der Waals surface area (Å²) in [4.78, 5) is 12.5. The van der Waals surface area contributed by atoms with Crippen LogP contribution in [0.1, 0.15) is 10.4 Å². The zero-order valence-corrected chi connectivity index (χ0v) is 15.8. The van der Waals surface area contributed by atoms with Crippen LogP contribution in [0.15, 0.2) is 72.8 Å². The monoisotopic (exact) mass is 401 g/mol. The van der Waals surface area contributed by atoms with Gasteiger partial charge in [-0.05, 0) is 48.5 Å². The quantitative estimate of drug-likeness (QED) is 0.516. The van der Waals surface area contributed by atoms with E-state index in [0.29, 0.717) is 40.3 Å². The van der Waals surface area contributed by atoms with E-state index >= 15 is 0 Å². The molecule has 0 radical (unpaired) electrons. The smallest absolute Gasteiger partial charge is 0.255 e. The van der Waals surface area contributed by atoms with Crippen LogP contribution in [-0.2, 0) is 0 Å². The molecule has 0 saturated carbocycles. The fraction of sp³-hybridized carbons (Fsp3) is 0.0952. The minimum absolute atomic E-state index is 0.301. The summed E-state index contributed by atoms with van der Waals surface area (Å²) in [5.41, 5.74) is 0.907. The van der Waals surface area contributed by atoms with Crippen molar-refractivity contribution in [1.29, 1.82) is 0 Å². The van der Waals surface area contributed by atoms with Crippen LogP contribution in [0.2, 0.25) is 10.0 Å². The van der Waals surface area contributed by atoms with Crippen LogP contribution < -0.4 is 14.8 Å². The summed E-state index contributed by atoms with van der Waals surface area (Å²) in [6.07, 6.45) is 0. The third-order valence-electron chi connectivity index (χ3n) is 3.64. The van der Waals surface area contributed by atoms with E-state index in [4.69, 9.17) is 32.7 Å². The molecule has 3 aromatic rings. The Morgan fingerprint density at radius 3 is 2.30 bits per heavy atom. The third kappa shape index (κ3) is 5.64. The zero-order valence-electron chi connectivity index (χ0n) is 14.3. The van der Waals surface area contributed by atoms with Gasteiger partial charge in [0.15, 0.2) is 0 Å². The number of carbonyl (C=O) groups excluding carboxylic acids is 1. The highest BCUT2D eigenvalue weighted by Crippen LogP contribution is 2.26. The number of hydrogen-bond acceptors (Lipinski definition) is 3. The minimum Gasteiger partial charge on any atom is -0.490 e. The average molecular weight is 402 g/mol. The Labute approximate surface area is 167 Å². The summed E-state index contributed by atoms with van der Waals surface area (Å²) < 4.78 is 11.2. The summed E-state index contributed by atoms with van der Waals surface area (Å²) in [6.45, 7) is 0.763. The molecule has 27 heavy (non-hydrogen) atoms. The molecule has 1 amide bonds. The van der Waals surface area contributed by atoms with Gasteiger partial charge in [-0.2, -0.15) is 0 Å². The number of amides is 1. The van der Waals surface area contributed by atoms with Gasteiger partial charge in [0, 0.05) is 10.6 Å². The third-order valence-corrected chi connectivity index (χ3v) is 4.20. The van der Waals surface area contributed by atoms with Gasteiger partial charge in [-0.15, -0.1) is 0 Å². The van der Waals surface area contributed by atoms with Crippen LogP contribution in [-0.4, -0.2) is 19.1 Å². The molecule has 0 aliphatic carbocycles. The van der Waals surface area contributed by atoms with Crippen LogP contribution in [0.3, 0.4) is 0 Å². The highest BCUT2D eigenvalue weighted by molar-refractivity contribution is 6.35. The van der Waals surface area contributed by atoms with E-state index in [2.05, 4.69) is 5.32 Å². The standard InChI is InChI=1S/C21H17Cl2NO3/c22-16-9-10-19(23)20(14-16)24-21(25)15-5-4-8-18(13-15)27-12-11-26-17-6-2-1-3-7-17/h1-10,13-14H,11-12H2,(H,24,25). The van der Waals surface area contributed by atoms with Crippen molar-refractivity contribution < 1.29 is 14.3 Å². The highest BCUT2D eigenvalue weighted by Gasteiger charge is 2.10. The first kappa shape index (κ1) is 19.1. The van der Waals surface area contributed by atoms with E-state index in [0.717, 1.165) is 5.75 Å². The molecule has 0 aliphatic rings. The normalized spacial score (nSPS) is 10.3. The maximum atomic E-state index is 12.5. The number of halogens is 2. The van der Waals surface area contributed by atoms with Gasteiger partial charge in [-0.3, -0.25) is 4.79 Å². The number of carbonyl (C=O) groups is 1. The van der Waals surface area contributed by atoms with E-state index in [1.807, 2.05) is 30.3 Å². The summed E-state index contributed by atoms with van der Waals surface area (Å²) in [7, 11) is 0. The molecule has 1 N–H and O–H groups in total. The number of hydrogen-bond donors (Lipinski definition) is 1. The van der Waals surface area contributed by atoms with Gasteiger partial charge in [0.05, 0.1) is 10.7 Å². The van der Waals surface area contributed by atoms with E-state index in [-0.39, 0.29) is 5.91 Å². The molecular weight excluding hydrogens is 385 g/mol. The van der Waals surface area contributed by atoms with Crippen molar-refractivity contribution in [2.75, 3.05) is 18.5 Å². The molecule has 0 bridgehead atoms. The first-order chi connectivity index (χ1) is 13.1. The number of ether oxygens (including phenoxy) is 2. The van der Waals surface area contributed by atoms with Crippen LogP contribution >= 0.6 is 23.2 Å². The number of benzene rings is 3. The van der Waals surface area contributed by atoms with Gasteiger partial charge in [-0.25, -0.2) is 0 Å². The van der Waals surface area contributed by atoms with Crippen LogP contribution in [0.4, 0.5) is 5.69 Å². The Morgan fingerprint density at radius 1 is 0.815 bits per heavy atom. The molecule has 0 saturated heterocycles. The maximum Gasteiger partial charge on any atom is 0.255 e. The SMILES string of the molecule is O=C(Nc1cc(Cl)ccc1Cl)c1cccc(OCCOc2ccccc2)c1. The molecule has 0 aromatic heterocycles. The van der Waals surface area contributed by atoms with E-state index in [9.17, 15) is 4.79 Å². The second-order valence-corrected chi connectivity index (χ2v) is 6.46. The highest BCUT2D eigenvalue weighted by atomic mass is 35.5. The topological polar surface area (TPSA) is 47.6 Å². The molecule has 3 rings (SSSR count). The molecule has 6 heteroatoms. The van der Waals surface area contributed by atoms with Crippen molar-refractivity contribution in [2.24, 2.45) is 0 Å². The van der Waals surface area contributed by atoms with Gasteiger partial charge in [0.1, 0.15) is 24.7 Å². The lowest BCUT2D eigenvalue weighted by atomic mass is 10.2. The van der Waals surface area contributed by atoms with Crippen molar-refractivity contribution in [2.45, 2.75) is 0 Å². The lowest BCUT2D eigenvalue weighted by molar-refractivity contribution is 0.102. The summed E-state index contributed by atoms with van der Waals surface area (Å²) in [5.74, 6) is 1.06. The fourth-order valence-corrected chi connectivity index (χ4v) is 2.69. The molecule has 138 valence electrons. The van der Waals surface area contributed by atoms with E-state index < -0.39 is 0 Å². The van der Waals surface area contributed by atoms with Crippen molar-refractivity contribution in [1.82, 2.24) is 0 Å². The van der Waals surface area contributed by atoms with Crippen LogP contribution in [0.25, 0.3) is 0 Å². The maximum absolute atomic E-state index is 12.5. The predicted octanol–water partition coefficient (Wildman–Crippen LogP) is 5.70. The van der Waals surface area contributed by atoms with E-state index in [1.165, 1.54) is 0 Å². The predicted molar refractivity (Wildman–Crippen MR) is 108 cm³/mol. The van der Waals surface area contributed by atoms with Gasteiger partial charge >= 0.3 is 0 Å². The molecule has 0 fully saturated rings. The van der Waals surface area contributed by atoms with Gasteiger partial charge in [0.25, 0.3) is 5.91 Å². The summed E-state index contributed by atoms with van der Waals surface area (Å²) in [6, 6.07) is 21.3. The summed E-state index contributed by atoms with van der Waals surface area (Å²) >= 11 is 12.0. The van der Waals surface area contributed by atoms with Crippen molar-refractivity contribution in [3.63, 3.8) is 0 Å². The lowest BCUT2D eigenvalue weighted by Gasteiger charge is -2.10. The van der Waals surface area contributed by atoms with Gasteiger partial charge in [-0.1, -0.05) is 47.5 Å². The number of para-hydroxylation sites is 1. The number of anilines is 1. The number of rotatable bonds is 7. The molecule has 0 heterocycles. The Morgan fingerprint density at radius 2 is 1.52 bits per heavy atom. The Kier molecular flexibility index (Phi) is 6.58. The molecule has 0 spiro atoms. The van der Waals surface area contributed by atoms with Crippen molar-refractivity contribution >= 4 is 34.8 Å². The first-order valence-electron chi connectivity index (χ1n) is 8.29. The van der Waals surface area contributed by atoms with Crippen LogP contribution in [0.5, 0.6) is 11.5 Å². The average Bonchev–Trinajstić information content (AvgIpc) is 2.69. The van der Waals surface area contributed by atoms with E-state index in [1.54, 1.807) is 42.5 Å². The first-order valence-corrected chi connectivity index (χ1v) is 9.04. The molecule has 0 aliphatic heterocycles. The second kappa shape index (κ2) is 9.31. The van der Waals surface area contributed by atoms with Crippen LogP contribution in [0, 0.1) is 0 Å². The summed E-state index contributed by atoms with van der Waals surface area (Å²) in [5, 5.41) is 3.65. The Hall–Kier alpha value is -2.69. The fourth-order valence-electron chi connectivity index (χ4n) is 2.35. The molecule has 3 aromatic carbocycles. The minimum atomic E-state index is -0.301. The lowest BCUT2D eigenvalue weighted by Crippen LogP contribution is -2.13.